The zero-order chi connectivity index (χ0) is 26.7. The number of pyridine rings is 1. The van der Waals surface area contributed by atoms with Crippen molar-refractivity contribution in [3.05, 3.63) is 30.7 Å². The zero-order valence-electron chi connectivity index (χ0n) is 20.2. The Balaban J connectivity index is 1.30. The van der Waals surface area contributed by atoms with E-state index in [-0.39, 0.29) is 30.6 Å². The first kappa shape index (κ1) is 24.7. The molecular formula is C23H24F5N9O. The number of piperidine rings is 1. The molecule has 2 aliphatic rings. The van der Waals surface area contributed by atoms with Crippen LogP contribution in [0.1, 0.15) is 6.42 Å². The lowest BCUT2D eigenvalue weighted by Crippen LogP contribution is -2.61. The van der Waals surface area contributed by atoms with Crippen molar-refractivity contribution in [3.63, 3.8) is 0 Å². The fraction of sp³-hybridized carbons (Fsp3) is 0.478. The highest BCUT2D eigenvalue weighted by molar-refractivity contribution is 5.89. The maximum Gasteiger partial charge on any atom is 0.406 e. The molecule has 0 aliphatic carbocycles. The van der Waals surface area contributed by atoms with Crippen LogP contribution in [-0.4, -0.2) is 91.6 Å². The van der Waals surface area contributed by atoms with Crippen molar-refractivity contribution in [2.75, 3.05) is 44.0 Å². The third-order valence-corrected chi connectivity index (χ3v) is 6.91. The second kappa shape index (κ2) is 9.01. The Morgan fingerprint density at radius 3 is 2.66 bits per heavy atom. The molecule has 1 atom stereocenters. The molecule has 0 amide bonds. The van der Waals surface area contributed by atoms with Gasteiger partial charge in [0.25, 0.3) is 5.92 Å². The Morgan fingerprint density at radius 2 is 1.97 bits per heavy atom. The number of fused-ring (bicyclic) bond motifs is 2. The van der Waals surface area contributed by atoms with Gasteiger partial charge in [0.1, 0.15) is 17.6 Å². The van der Waals surface area contributed by atoms with E-state index < -0.39 is 24.7 Å². The highest BCUT2D eigenvalue weighted by atomic mass is 19.4. The van der Waals surface area contributed by atoms with E-state index in [1.54, 1.807) is 36.3 Å². The Hall–Kier alpha value is -3.59. The van der Waals surface area contributed by atoms with E-state index in [0.29, 0.717) is 47.9 Å². The summed E-state index contributed by atoms with van der Waals surface area (Å²) in [5, 5.41) is 10.2. The van der Waals surface area contributed by atoms with Gasteiger partial charge in [-0.25, -0.2) is 23.3 Å². The van der Waals surface area contributed by atoms with Crippen LogP contribution in [-0.2, 0) is 11.3 Å². The molecule has 0 bridgehead atoms. The Bertz CT molecular complexity index is 1480. The van der Waals surface area contributed by atoms with Crippen LogP contribution in [0, 0.1) is 0 Å². The maximum absolute atomic E-state index is 15.0. The predicted octanol–water partition coefficient (Wildman–Crippen LogP) is 3.27. The van der Waals surface area contributed by atoms with Gasteiger partial charge in [-0.2, -0.15) is 18.2 Å². The van der Waals surface area contributed by atoms with Gasteiger partial charge in [-0.05, 0) is 24.6 Å². The van der Waals surface area contributed by atoms with Crippen LogP contribution in [0.4, 0.5) is 33.7 Å². The second-order valence-electron chi connectivity index (χ2n) is 9.49. The molecule has 6 heterocycles. The first-order valence-corrected chi connectivity index (χ1v) is 12.0. The van der Waals surface area contributed by atoms with Crippen molar-refractivity contribution in [1.29, 1.82) is 0 Å². The molecule has 10 nitrogen and oxygen atoms in total. The molecule has 2 saturated heterocycles. The zero-order valence-corrected chi connectivity index (χ0v) is 20.2. The summed E-state index contributed by atoms with van der Waals surface area (Å²) in [4.78, 5) is 14.6. The van der Waals surface area contributed by atoms with Crippen molar-refractivity contribution >= 4 is 28.4 Å². The van der Waals surface area contributed by atoms with Gasteiger partial charge in [0, 0.05) is 25.4 Å². The molecule has 0 spiro atoms. The molecule has 202 valence electrons. The summed E-state index contributed by atoms with van der Waals surface area (Å²) in [7, 11) is 1.63. The monoisotopic (exact) mass is 537 g/mol. The lowest BCUT2D eigenvalue weighted by molar-refractivity contribution is -0.140. The van der Waals surface area contributed by atoms with Crippen LogP contribution in [0.3, 0.4) is 0 Å². The van der Waals surface area contributed by atoms with E-state index in [2.05, 4.69) is 30.7 Å². The number of nitrogens with one attached hydrogen (secondary N) is 2. The number of rotatable bonds is 6. The number of halogens is 5. The minimum atomic E-state index is -4.43. The Morgan fingerprint density at radius 1 is 1.16 bits per heavy atom. The molecule has 6 rings (SSSR count). The third-order valence-electron chi connectivity index (χ3n) is 6.91. The fourth-order valence-corrected chi connectivity index (χ4v) is 4.91. The summed E-state index contributed by atoms with van der Waals surface area (Å²) in [5.74, 6) is -2.62. The first-order valence-electron chi connectivity index (χ1n) is 12.0. The summed E-state index contributed by atoms with van der Waals surface area (Å²) in [6.45, 7) is -0.125. The quantitative estimate of drug-likeness (QED) is 0.362. The summed E-state index contributed by atoms with van der Waals surface area (Å²) >= 11 is 0. The van der Waals surface area contributed by atoms with Crippen LogP contribution in [0.2, 0.25) is 0 Å². The molecule has 38 heavy (non-hydrogen) atoms. The van der Waals surface area contributed by atoms with Crippen LogP contribution >= 0.6 is 0 Å². The van der Waals surface area contributed by atoms with Gasteiger partial charge in [-0.1, -0.05) is 0 Å². The van der Waals surface area contributed by atoms with Gasteiger partial charge in [0.15, 0.2) is 11.5 Å². The van der Waals surface area contributed by atoms with Crippen LogP contribution < -0.4 is 10.6 Å². The number of aromatic nitrogens is 6. The smallest absolute Gasteiger partial charge is 0.378 e. The third kappa shape index (κ3) is 4.49. The molecule has 2 N–H and O–H groups in total. The van der Waals surface area contributed by atoms with Gasteiger partial charge in [0.05, 0.1) is 43.9 Å². The highest BCUT2D eigenvalue weighted by Gasteiger charge is 2.47. The summed E-state index contributed by atoms with van der Waals surface area (Å²) in [6.07, 6.45) is -1.49. The molecule has 2 fully saturated rings. The second-order valence-corrected chi connectivity index (χ2v) is 9.49. The molecular weight excluding hydrogens is 513 g/mol. The van der Waals surface area contributed by atoms with Crippen molar-refractivity contribution in [2.45, 2.75) is 37.1 Å². The van der Waals surface area contributed by atoms with E-state index in [1.165, 1.54) is 4.52 Å². The average molecular weight is 537 g/mol. The highest BCUT2D eigenvalue weighted by Crippen LogP contribution is 2.34. The van der Waals surface area contributed by atoms with E-state index in [9.17, 15) is 22.0 Å². The molecule has 4 aromatic heterocycles. The minimum absolute atomic E-state index is 0.0285. The van der Waals surface area contributed by atoms with Crippen molar-refractivity contribution in [1.82, 2.24) is 34.0 Å². The van der Waals surface area contributed by atoms with E-state index in [1.807, 2.05) is 0 Å². The Kier molecular flexibility index (Phi) is 5.86. The minimum Gasteiger partial charge on any atom is -0.378 e. The largest absolute Gasteiger partial charge is 0.406 e. The standard InChI is InChI=1S/C23H24F5N9O/c1-29-19-18-14(15-2-3-16-20(31-15)36(12-30-16)11-23(26,27)28)4-7-37(18)34-21(33-19)32-17-5-6-35(10-22(17,24)25)13-8-38-9-13/h2-4,7,12-13,17H,5-6,8-11H2,1H3,(H2,29,32,33,34). The number of imidazole rings is 1. The average Bonchev–Trinajstić information content (AvgIpc) is 3.42. The topological polar surface area (TPSA) is 97.4 Å². The van der Waals surface area contributed by atoms with E-state index >= 15 is 0 Å². The molecule has 4 aromatic rings. The van der Waals surface area contributed by atoms with Crippen molar-refractivity contribution < 1.29 is 26.7 Å². The fourth-order valence-electron chi connectivity index (χ4n) is 4.91. The molecule has 2 aliphatic heterocycles. The molecule has 1 unspecified atom stereocenters. The molecule has 0 radical (unpaired) electrons. The SMILES string of the molecule is CNc1nc(NC2CCN(C3COC3)CC2(F)F)nn2ccc(-c3ccc4ncn(CC(F)(F)F)c4n3)c12. The maximum atomic E-state index is 15.0. The normalized spacial score (nSPS) is 20.6. The van der Waals surface area contributed by atoms with Gasteiger partial charge in [-0.15, -0.1) is 5.10 Å². The van der Waals surface area contributed by atoms with Gasteiger partial charge >= 0.3 is 6.18 Å². The summed E-state index contributed by atoms with van der Waals surface area (Å²) in [6, 6.07) is 3.82. The summed E-state index contributed by atoms with van der Waals surface area (Å²) < 4.78 is 76.5. The van der Waals surface area contributed by atoms with Gasteiger partial charge in [0.2, 0.25) is 5.95 Å². The van der Waals surface area contributed by atoms with Crippen LogP contribution in [0.5, 0.6) is 0 Å². The number of hydrogen-bond donors (Lipinski definition) is 2. The number of nitrogens with zero attached hydrogens (tertiary/aromatic N) is 7. The number of alkyl halides is 5. The number of likely N-dealkylation sites (tertiary alicyclic amines) is 1. The number of hydrogen-bond acceptors (Lipinski definition) is 8. The van der Waals surface area contributed by atoms with Crippen molar-refractivity contribution in [3.8, 4) is 11.3 Å². The lowest BCUT2D eigenvalue weighted by Gasteiger charge is -2.44. The lowest BCUT2D eigenvalue weighted by atomic mass is 9.98. The molecule has 0 saturated carbocycles. The van der Waals surface area contributed by atoms with Crippen LogP contribution in [0.25, 0.3) is 27.9 Å². The van der Waals surface area contributed by atoms with E-state index in [0.717, 1.165) is 10.9 Å². The number of ether oxygens (including phenoxy) is 1. The molecule has 15 heteroatoms. The van der Waals surface area contributed by atoms with Crippen LogP contribution in [0.15, 0.2) is 30.7 Å². The number of anilines is 2. The molecule has 0 aromatic carbocycles. The van der Waals surface area contributed by atoms with E-state index in [4.69, 9.17) is 4.74 Å². The van der Waals surface area contributed by atoms with Crippen molar-refractivity contribution in [2.24, 2.45) is 0 Å². The summed E-state index contributed by atoms with van der Waals surface area (Å²) in [5.41, 5.74) is 1.87. The Labute approximate surface area is 212 Å². The van der Waals surface area contributed by atoms with Gasteiger partial charge in [-0.3, -0.25) is 4.90 Å². The first-order chi connectivity index (χ1) is 18.1. The van der Waals surface area contributed by atoms with Gasteiger partial charge < -0.3 is 19.9 Å². The predicted molar refractivity (Wildman–Crippen MR) is 128 cm³/mol.